The molecule has 92 valence electrons. The van der Waals surface area contributed by atoms with Crippen molar-refractivity contribution in [3.63, 3.8) is 0 Å². The molecule has 0 saturated carbocycles. The average molecular weight is 239 g/mol. The highest BCUT2D eigenvalue weighted by molar-refractivity contribution is 6.00. The van der Waals surface area contributed by atoms with Crippen molar-refractivity contribution in [1.82, 2.24) is 4.90 Å². The van der Waals surface area contributed by atoms with Crippen LogP contribution in [0.5, 0.6) is 5.75 Å². The van der Waals surface area contributed by atoms with Crippen LogP contribution in [-0.4, -0.2) is 48.6 Å². The molecule has 1 fully saturated rings. The summed E-state index contributed by atoms with van der Waals surface area (Å²) < 4.78 is 18.2. The van der Waals surface area contributed by atoms with E-state index < -0.39 is 5.82 Å². The predicted octanol–water partition coefficient (Wildman–Crippen LogP) is 1.05. The van der Waals surface area contributed by atoms with Gasteiger partial charge in [-0.15, -0.1) is 0 Å². The van der Waals surface area contributed by atoms with Gasteiger partial charge in [0, 0.05) is 13.1 Å². The number of benzene rings is 1. The van der Waals surface area contributed by atoms with Crippen molar-refractivity contribution in [2.45, 2.75) is 0 Å². The van der Waals surface area contributed by atoms with Gasteiger partial charge < -0.3 is 9.84 Å². The lowest BCUT2D eigenvalue weighted by atomic mass is 10.1. The zero-order valence-corrected chi connectivity index (χ0v) is 9.36. The lowest BCUT2D eigenvalue weighted by Gasteiger charge is -2.25. The monoisotopic (exact) mass is 239 g/mol. The van der Waals surface area contributed by atoms with Crippen molar-refractivity contribution in [1.29, 1.82) is 0 Å². The van der Waals surface area contributed by atoms with E-state index in [2.05, 4.69) is 0 Å². The molecule has 1 aliphatic rings. The Morgan fingerprint density at radius 3 is 2.82 bits per heavy atom. The van der Waals surface area contributed by atoms with Crippen molar-refractivity contribution in [2.75, 3.05) is 32.8 Å². The van der Waals surface area contributed by atoms with E-state index in [0.29, 0.717) is 26.3 Å². The molecule has 0 spiro atoms. The maximum atomic E-state index is 13.0. The van der Waals surface area contributed by atoms with Crippen molar-refractivity contribution >= 4 is 5.78 Å². The number of rotatable bonds is 3. The molecule has 1 aliphatic heterocycles. The number of aromatic hydroxyl groups is 1. The standard InChI is InChI=1S/C12H14FNO3/c13-9-1-2-11(15)10(7-9)12(16)8-14-3-5-17-6-4-14/h1-2,7,15H,3-6,8H2. The van der Waals surface area contributed by atoms with Gasteiger partial charge in [-0.1, -0.05) is 0 Å². The highest BCUT2D eigenvalue weighted by Gasteiger charge is 2.18. The first-order valence-corrected chi connectivity index (χ1v) is 5.48. The summed E-state index contributed by atoms with van der Waals surface area (Å²) in [4.78, 5) is 13.8. The van der Waals surface area contributed by atoms with Crippen LogP contribution in [0.25, 0.3) is 0 Å². The number of nitrogens with zero attached hydrogens (tertiary/aromatic N) is 1. The Balaban J connectivity index is 2.05. The number of carbonyl (C=O) groups excluding carboxylic acids is 1. The number of ketones is 1. The fourth-order valence-electron chi connectivity index (χ4n) is 1.78. The summed E-state index contributed by atoms with van der Waals surface area (Å²) in [6.45, 7) is 2.74. The minimum absolute atomic E-state index is 0.0384. The van der Waals surface area contributed by atoms with Crippen LogP contribution in [0.3, 0.4) is 0 Å². The van der Waals surface area contributed by atoms with Gasteiger partial charge in [-0.05, 0) is 18.2 Å². The van der Waals surface area contributed by atoms with E-state index in [4.69, 9.17) is 4.74 Å². The number of phenolic OH excluding ortho intramolecular Hbond substituents is 1. The first-order valence-electron chi connectivity index (χ1n) is 5.48. The molecule has 0 aliphatic carbocycles. The van der Waals surface area contributed by atoms with Crippen LogP contribution in [0.2, 0.25) is 0 Å². The Kier molecular flexibility index (Phi) is 3.71. The van der Waals surface area contributed by atoms with Gasteiger partial charge in [0.1, 0.15) is 11.6 Å². The molecule has 0 aromatic heterocycles. The summed E-state index contributed by atoms with van der Waals surface area (Å²) >= 11 is 0. The molecular weight excluding hydrogens is 225 g/mol. The molecule has 1 heterocycles. The quantitative estimate of drug-likeness (QED) is 0.801. The number of halogens is 1. The average Bonchev–Trinajstić information content (AvgIpc) is 2.33. The van der Waals surface area contributed by atoms with Gasteiger partial charge >= 0.3 is 0 Å². The second kappa shape index (κ2) is 5.25. The Bertz CT molecular complexity index is 416. The zero-order chi connectivity index (χ0) is 12.3. The molecular formula is C12H14FNO3. The minimum Gasteiger partial charge on any atom is -0.507 e. The second-order valence-corrected chi connectivity index (χ2v) is 3.97. The SMILES string of the molecule is O=C(CN1CCOCC1)c1cc(F)ccc1O. The molecule has 1 aromatic rings. The Hall–Kier alpha value is -1.46. The van der Waals surface area contributed by atoms with E-state index in [1.165, 1.54) is 6.07 Å². The van der Waals surface area contributed by atoms with Gasteiger partial charge in [0.15, 0.2) is 5.78 Å². The summed E-state index contributed by atoms with van der Waals surface area (Å²) in [5.41, 5.74) is 0.0384. The number of morpholine rings is 1. The van der Waals surface area contributed by atoms with Crippen molar-refractivity contribution in [3.8, 4) is 5.75 Å². The van der Waals surface area contributed by atoms with Crippen LogP contribution in [0.15, 0.2) is 18.2 Å². The Morgan fingerprint density at radius 1 is 1.41 bits per heavy atom. The maximum Gasteiger partial charge on any atom is 0.180 e. The number of ether oxygens (including phenoxy) is 1. The summed E-state index contributed by atoms with van der Waals surface area (Å²) in [7, 11) is 0. The largest absolute Gasteiger partial charge is 0.507 e. The van der Waals surface area contributed by atoms with Gasteiger partial charge in [-0.2, -0.15) is 0 Å². The fraction of sp³-hybridized carbons (Fsp3) is 0.417. The summed E-state index contributed by atoms with van der Waals surface area (Å²) in [5.74, 6) is -0.971. The predicted molar refractivity (Wildman–Crippen MR) is 59.7 cm³/mol. The van der Waals surface area contributed by atoms with E-state index >= 15 is 0 Å². The van der Waals surface area contributed by atoms with Gasteiger partial charge in [0.25, 0.3) is 0 Å². The summed E-state index contributed by atoms with van der Waals surface area (Å²) in [6.07, 6.45) is 0. The summed E-state index contributed by atoms with van der Waals surface area (Å²) in [5, 5.41) is 9.50. The highest BCUT2D eigenvalue weighted by atomic mass is 19.1. The third-order valence-electron chi connectivity index (χ3n) is 2.73. The lowest BCUT2D eigenvalue weighted by Crippen LogP contribution is -2.39. The fourth-order valence-corrected chi connectivity index (χ4v) is 1.78. The molecule has 0 bridgehead atoms. The van der Waals surface area contributed by atoms with Crippen LogP contribution in [0.4, 0.5) is 4.39 Å². The highest BCUT2D eigenvalue weighted by Crippen LogP contribution is 2.18. The minimum atomic E-state index is -0.520. The Labute approximate surface area is 98.6 Å². The summed E-state index contributed by atoms with van der Waals surface area (Å²) in [6, 6.07) is 3.39. The molecule has 0 unspecified atom stereocenters. The number of hydrogen-bond acceptors (Lipinski definition) is 4. The van der Waals surface area contributed by atoms with Crippen molar-refractivity contribution in [3.05, 3.63) is 29.6 Å². The van der Waals surface area contributed by atoms with Crippen LogP contribution >= 0.6 is 0 Å². The van der Waals surface area contributed by atoms with E-state index in [1.54, 1.807) is 0 Å². The van der Waals surface area contributed by atoms with E-state index in [0.717, 1.165) is 12.1 Å². The third kappa shape index (κ3) is 3.01. The number of Topliss-reactive ketones (excluding diaryl/α,β-unsaturated/α-hetero) is 1. The number of phenols is 1. The lowest BCUT2D eigenvalue weighted by molar-refractivity contribution is 0.0370. The molecule has 0 amide bonds. The molecule has 1 saturated heterocycles. The van der Waals surface area contributed by atoms with Crippen molar-refractivity contribution < 1.29 is 19.0 Å². The van der Waals surface area contributed by atoms with Crippen LogP contribution in [0, 0.1) is 5.82 Å². The second-order valence-electron chi connectivity index (χ2n) is 3.97. The first-order chi connectivity index (χ1) is 8.16. The van der Waals surface area contributed by atoms with E-state index in [9.17, 15) is 14.3 Å². The molecule has 0 radical (unpaired) electrons. The topological polar surface area (TPSA) is 49.8 Å². The normalized spacial score (nSPS) is 17.0. The van der Waals surface area contributed by atoms with Crippen LogP contribution < -0.4 is 0 Å². The van der Waals surface area contributed by atoms with E-state index in [1.807, 2.05) is 4.90 Å². The van der Waals surface area contributed by atoms with Gasteiger partial charge in [-0.25, -0.2) is 4.39 Å². The first kappa shape index (κ1) is 12.0. The number of carbonyl (C=O) groups is 1. The van der Waals surface area contributed by atoms with Gasteiger partial charge in [0.05, 0.1) is 25.3 Å². The molecule has 4 nitrogen and oxygen atoms in total. The van der Waals surface area contributed by atoms with Crippen LogP contribution in [-0.2, 0) is 4.74 Å². The smallest absolute Gasteiger partial charge is 0.180 e. The van der Waals surface area contributed by atoms with Gasteiger partial charge in [0.2, 0.25) is 0 Å². The molecule has 0 atom stereocenters. The maximum absolute atomic E-state index is 13.0. The Morgan fingerprint density at radius 2 is 2.12 bits per heavy atom. The molecule has 17 heavy (non-hydrogen) atoms. The third-order valence-corrected chi connectivity index (χ3v) is 2.73. The van der Waals surface area contributed by atoms with Gasteiger partial charge in [-0.3, -0.25) is 9.69 Å². The molecule has 5 heteroatoms. The zero-order valence-electron chi connectivity index (χ0n) is 9.36. The molecule has 1 N–H and O–H groups in total. The van der Waals surface area contributed by atoms with Crippen LogP contribution in [0.1, 0.15) is 10.4 Å². The number of hydrogen-bond donors (Lipinski definition) is 1. The van der Waals surface area contributed by atoms with Crippen molar-refractivity contribution in [2.24, 2.45) is 0 Å². The molecule has 1 aromatic carbocycles. The molecule has 2 rings (SSSR count). The van der Waals surface area contributed by atoms with E-state index in [-0.39, 0.29) is 23.6 Å².